The summed E-state index contributed by atoms with van der Waals surface area (Å²) in [7, 11) is -8.05. The Hall–Kier alpha value is -2.72. The Morgan fingerprint density at radius 3 is 2.23 bits per heavy atom. The van der Waals surface area contributed by atoms with Crippen molar-refractivity contribution in [1.82, 2.24) is 0 Å². The maximum absolute atomic E-state index is 11.3. The zero-order valence-corrected chi connectivity index (χ0v) is 30.4. The number of thiazole rings is 1. The first kappa shape index (κ1) is 38.1. The van der Waals surface area contributed by atoms with Crippen molar-refractivity contribution >= 4 is 94.1 Å². The van der Waals surface area contributed by atoms with Gasteiger partial charge in [-0.15, -0.1) is 0 Å². The molecule has 3 N–H and O–H groups in total. The summed E-state index contributed by atoms with van der Waals surface area (Å²) in [5, 5.41) is 3.13. The third kappa shape index (κ3) is 10.6. The van der Waals surface area contributed by atoms with Crippen molar-refractivity contribution in [1.29, 1.82) is 0 Å². The highest BCUT2D eigenvalue weighted by Crippen LogP contribution is 2.47. The number of halogens is 2. The Kier molecular flexibility index (Phi) is 13.3. The summed E-state index contributed by atoms with van der Waals surface area (Å²) < 4.78 is 66.5. The van der Waals surface area contributed by atoms with Crippen LogP contribution in [0.4, 0.5) is 5.69 Å². The van der Waals surface area contributed by atoms with Gasteiger partial charge in [-0.25, -0.2) is 0 Å². The molecule has 0 saturated carbocycles. The fourth-order valence-corrected chi connectivity index (χ4v) is 8.78. The van der Waals surface area contributed by atoms with Crippen molar-refractivity contribution in [3.8, 4) is 0 Å². The van der Waals surface area contributed by atoms with Crippen LogP contribution in [0, 0.1) is 0 Å². The summed E-state index contributed by atoms with van der Waals surface area (Å²) in [4.78, 5) is 3.16. The molecule has 0 spiro atoms. The van der Waals surface area contributed by atoms with E-state index in [0.29, 0.717) is 48.8 Å². The van der Waals surface area contributed by atoms with E-state index < -0.39 is 20.2 Å². The minimum absolute atomic E-state index is 0. The molecule has 256 valence electrons. The quantitative estimate of drug-likeness (QED) is 0.0561. The van der Waals surface area contributed by atoms with Crippen LogP contribution in [-0.4, -0.2) is 49.5 Å². The molecule has 0 atom stereocenters. The van der Waals surface area contributed by atoms with Gasteiger partial charge in [0, 0.05) is 40.0 Å². The van der Waals surface area contributed by atoms with Crippen molar-refractivity contribution in [2.75, 3.05) is 23.0 Å². The highest BCUT2D eigenvalue weighted by Gasteiger charge is 2.25. The van der Waals surface area contributed by atoms with E-state index in [1.165, 1.54) is 0 Å². The van der Waals surface area contributed by atoms with Crippen molar-refractivity contribution in [3.05, 3.63) is 111 Å². The Bertz CT molecular complexity index is 2060. The molecule has 1 aliphatic rings. The molecule has 0 fully saturated rings. The number of thioether (sulfide) groups is 1. The van der Waals surface area contributed by atoms with E-state index in [2.05, 4.69) is 9.47 Å². The molecule has 1 aromatic heterocycles. The van der Waals surface area contributed by atoms with Gasteiger partial charge in [0.15, 0.2) is 6.54 Å². The predicted molar refractivity (Wildman–Crippen MR) is 196 cm³/mol. The molecular weight excluding hydrogens is 736 g/mol. The minimum Gasteiger partial charge on any atom is -0.870 e. The molecule has 0 unspecified atom stereocenters. The second kappa shape index (κ2) is 16.8. The molecule has 5 rings (SSSR count). The Labute approximate surface area is 299 Å². The Morgan fingerprint density at radius 2 is 1.52 bits per heavy atom. The van der Waals surface area contributed by atoms with Crippen molar-refractivity contribution in [2.45, 2.75) is 37.1 Å². The maximum Gasteiger partial charge on any atom is 0.264 e. The summed E-state index contributed by atoms with van der Waals surface area (Å²) in [6, 6.07) is 21.4. The SMILES string of the molecule is O=S(=O)(O)CCCCN1C(=CC=C(C=Cc2sc3ccc(Cl)cc3[n+]2CCCCS(=O)(=O)O)c2ccccc2)Sc2ccc(Cl)cc21.[OH-]. The van der Waals surface area contributed by atoms with E-state index in [4.69, 9.17) is 32.3 Å². The van der Waals surface area contributed by atoms with Gasteiger partial charge in [0.05, 0.1) is 22.2 Å². The van der Waals surface area contributed by atoms with Crippen LogP contribution in [0.2, 0.25) is 10.0 Å². The summed E-state index contributed by atoms with van der Waals surface area (Å²) in [5.74, 6) is -0.578. The molecule has 0 amide bonds. The predicted octanol–water partition coefficient (Wildman–Crippen LogP) is 8.21. The lowest BCUT2D eigenvalue weighted by Crippen LogP contribution is -2.35. The molecule has 48 heavy (non-hydrogen) atoms. The zero-order chi connectivity index (χ0) is 33.6. The molecule has 1 aliphatic heterocycles. The molecule has 0 radical (unpaired) electrons. The van der Waals surface area contributed by atoms with E-state index in [9.17, 15) is 16.8 Å². The standard InChI is InChI=1S/C33H32Cl2N2O6S4.H2O/c34-26-12-14-30-28(22-26)36(18-4-6-20-46(38,39)40)32(44-30)16-10-25(24-8-2-1-3-9-24)11-17-33-37(19-5-7-21-47(41,42)43)29-23-27(35)13-15-31(29)45-33;/h1-3,8-17,22-23H,4-7,18-21H2,(H-,38,39,40,41,42,43);1H2. The normalized spacial score (nSPS) is 14.6. The lowest BCUT2D eigenvalue weighted by Gasteiger charge is -2.20. The Balaban J connectivity index is 0.00000520. The largest absolute Gasteiger partial charge is 0.870 e. The molecule has 4 aromatic rings. The first-order valence-electron chi connectivity index (χ1n) is 14.8. The van der Waals surface area contributed by atoms with Crippen LogP contribution in [0.15, 0.2) is 94.9 Å². The number of hydrogen-bond donors (Lipinski definition) is 2. The van der Waals surface area contributed by atoms with E-state index in [1.54, 1.807) is 23.1 Å². The van der Waals surface area contributed by atoms with Crippen LogP contribution in [-0.2, 0) is 26.8 Å². The number of benzene rings is 3. The van der Waals surface area contributed by atoms with Gasteiger partial charge in [0.2, 0.25) is 5.52 Å². The van der Waals surface area contributed by atoms with Gasteiger partial charge in [-0.3, -0.25) is 9.11 Å². The van der Waals surface area contributed by atoms with E-state index in [1.807, 2.05) is 91.0 Å². The number of unbranched alkanes of at least 4 members (excludes halogenated alkanes) is 2. The molecule has 2 heterocycles. The average Bonchev–Trinajstić information content (AvgIpc) is 3.53. The van der Waals surface area contributed by atoms with Crippen LogP contribution in [0.25, 0.3) is 21.9 Å². The third-order valence-electron chi connectivity index (χ3n) is 7.37. The summed E-state index contributed by atoms with van der Waals surface area (Å²) in [6.45, 7) is 1.10. The maximum atomic E-state index is 11.3. The average molecular weight is 770 g/mol. The minimum atomic E-state index is -4.03. The topological polar surface area (TPSA) is 146 Å². The number of allylic oxidation sites excluding steroid dienone is 4. The first-order chi connectivity index (χ1) is 22.4. The van der Waals surface area contributed by atoms with E-state index in [0.717, 1.165) is 42.0 Å². The fourth-order valence-electron chi connectivity index (χ4n) is 5.17. The van der Waals surface area contributed by atoms with Gasteiger partial charge in [-0.2, -0.15) is 21.4 Å². The van der Waals surface area contributed by atoms with Gasteiger partial charge in [-0.05, 0) is 72.9 Å². The first-order valence-corrected chi connectivity index (χ1v) is 20.4. The lowest BCUT2D eigenvalue weighted by molar-refractivity contribution is -0.669. The Morgan fingerprint density at radius 1 is 0.854 bits per heavy atom. The number of anilines is 1. The molecule has 0 aliphatic carbocycles. The third-order valence-corrected chi connectivity index (χ3v) is 11.7. The lowest BCUT2D eigenvalue weighted by atomic mass is 10.1. The second-order valence-electron chi connectivity index (χ2n) is 10.9. The number of aromatic nitrogens is 1. The number of aryl methyl sites for hydroxylation is 1. The van der Waals surface area contributed by atoms with Crippen LogP contribution < -0.4 is 9.47 Å². The van der Waals surface area contributed by atoms with Crippen molar-refractivity contribution in [2.24, 2.45) is 0 Å². The monoisotopic (exact) mass is 768 g/mol. The summed E-state index contributed by atoms with van der Waals surface area (Å²) >= 11 is 15.9. The number of hydrogen-bond acceptors (Lipinski definition) is 8. The molecule has 0 bridgehead atoms. The van der Waals surface area contributed by atoms with E-state index in [-0.39, 0.29) is 17.0 Å². The van der Waals surface area contributed by atoms with Crippen molar-refractivity contribution < 1.29 is 36.0 Å². The smallest absolute Gasteiger partial charge is 0.264 e. The van der Waals surface area contributed by atoms with Crippen LogP contribution in [0.3, 0.4) is 0 Å². The molecule has 3 aromatic carbocycles. The molecule has 15 heteroatoms. The van der Waals surface area contributed by atoms with Gasteiger partial charge in [0.1, 0.15) is 4.70 Å². The van der Waals surface area contributed by atoms with Crippen LogP contribution in [0.5, 0.6) is 0 Å². The molecule has 9 nitrogen and oxygen atoms in total. The fraction of sp³-hybridized carbons (Fsp3) is 0.242. The van der Waals surface area contributed by atoms with Crippen LogP contribution in [0.1, 0.15) is 36.3 Å². The van der Waals surface area contributed by atoms with Gasteiger partial charge < -0.3 is 10.4 Å². The van der Waals surface area contributed by atoms with Gasteiger partial charge >= 0.3 is 0 Å². The van der Waals surface area contributed by atoms with Gasteiger partial charge in [-0.1, -0.05) is 82.7 Å². The molecular formula is C33H34Cl2N2O7S4. The van der Waals surface area contributed by atoms with E-state index >= 15 is 0 Å². The highest BCUT2D eigenvalue weighted by atomic mass is 35.5. The molecule has 0 saturated heterocycles. The number of fused-ring (bicyclic) bond motifs is 2. The number of rotatable bonds is 14. The summed E-state index contributed by atoms with van der Waals surface area (Å²) in [5.41, 5.74) is 3.86. The van der Waals surface area contributed by atoms with Crippen LogP contribution >= 0.6 is 46.3 Å². The second-order valence-corrected chi connectivity index (χ2v) is 17.0. The summed E-state index contributed by atoms with van der Waals surface area (Å²) in [6.07, 6.45) is 9.95. The zero-order valence-electron chi connectivity index (χ0n) is 25.6. The van der Waals surface area contributed by atoms with Gasteiger partial charge in [0.25, 0.3) is 25.2 Å². The van der Waals surface area contributed by atoms with Crippen molar-refractivity contribution in [3.63, 3.8) is 0 Å². The highest BCUT2D eigenvalue weighted by molar-refractivity contribution is 8.03. The number of nitrogens with zero attached hydrogens (tertiary/aromatic N) is 2.